The number of hydrogen-bond donors (Lipinski definition) is 0. The average molecular weight is 245 g/mol. The number of carbonyl (C=O) groups excluding carboxylic acids is 1. The molecular weight excluding hydrogens is 222 g/mol. The summed E-state index contributed by atoms with van der Waals surface area (Å²) in [4.78, 5) is 14.1. The molecule has 0 fully saturated rings. The third-order valence-electron chi connectivity index (χ3n) is 2.43. The van der Waals surface area contributed by atoms with E-state index in [-0.39, 0.29) is 11.4 Å². The molecule has 0 aliphatic carbocycles. The van der Waals surface area contributed by atoms with Crippen LogP contribution in [0.1, 0.15) is 27.7 Å². The number of allylic oxidation sites excluding steroid dienone is 4. The normalized spacial score (nSPS) is 12.9. The first-order chi connectivity index (χ1) is 8.29. The summed E-state index contributed by atoms with van der Waals surface area (Å²) in [6.07, 6.45) is 8.34. The molecule has 0 radical (unpaired) electrons. The van der Waals surface area contributed by atoms with Crippen molar-refractivity contribution >= 4 is 5.91 Å². The third-order valence-corrected chi connectivity index (χ3v) is 2.43. The number of nitrogens with zero attached hydrogens (tertiary/aromatic N) is 1. The van der Waals surface area contributed by atoms with E-state index < -0.39 is 0 Å². The highest BCUT2D eigenvalue weighted by molar-refractivity contribution is 5.99. The van der Waals surface area contributed by atoms with Crippen molar-refractivity contribution < 1.29 is 4.79 Å². The molecule has 98 valence electrons. The highest BCUT2D eigenvalue weighted by Gasteiger charge is 2.26. The Morgan fingerprint density at radius 2 is 1.56 bits per heavy atom. The van der Waals surface area contributed by atoms with Crippen molar-refractivity contribution in [1.29, 1.82) is 0 Å². The van der Waals surface area contributed by atoms with Crippen LogP contribution in [0.5, 0.6) is 0 Å². The Morgan fingerprint density at radius 3 is 1.89 bits per heavy atom. The largest absolute Gasteiger partial charge is 0.310 e. The molecule has 0 saturated heterocycles. The summed E-state index contributed by atoms with van der Waals surface area (Å²) >= 11 is 0. The second-order valence-electron chi connectivity index (χ2n) is 4.93. The van der Waals surface area contributed by atoms with Gasteiger partial charge in [-0.15, -0.1) is 0 Å². The maximum absolute atomic E-state index is 12.5. The third kappa shape index (κ3) is 4.21. The standard InChI is InChI=1S/C16H23NO/c1-8-11-13(4)14(12-9-2)15(18)17(10-3)16(5,6)7/h8-12H,1-3H2,4-7H3/b13-11-,14-12+. The van der Waals surface area contributed by atoms with Crippen LogP contribution in [0.4, 0.5) is 0 Å². The van der Waals surface area contributed by atoms with Crippen LogP contribution in [0.15, 0.2) is 61.4 Å². The van der Waals surface area contributed by atoms with Gasteiger partial charge in [0.05, 0.1) is 0 Å². The molecule has 0 rings (SSSR count). The summed E-state index contributed by atoms with van der Waals surface area (Å²) in [7, 11) is 0. The minimum atomic E-state index is -0.312. The molecule has 0 aromatic carbocycles. The number of carbonyl (C=O) groups is 1. The lowest BCUT2D eigenvalue weighted by Gasteiger charge is -2.33. The fourth-order valence-corrected chi connectivity index (χ4v) is 1.55. The highest BCUT2D eigenvalue weighted by Crippen LogP contribution is 2.21. The molecule has 2 nitrogen and oxygen atoms in total. The van der Waals surface area contributed by atoms with E-state index in [4.69, 9.17) is 0 Å². The minimum absolute atomic E-state index is 0.0898. The van der Waals surface area contributed by atoms with Crippen molar-refractivity contribution in [3.8, 4) is 0 Å². The summed E-state index contributed by atoms with van der Waals surface area (Å²) < 4.78 is 0. The van der Waals surface area contributed by atoms with E-state index in [2.05, 4.69) is 19.7 Å². The highest BCUT2D eigenvalue weighted by atomic mass is 16.2. The molecule has 0 aromatic heterocycles. The van der Waals surface area contributed by atoms with Crippen LogP contribution in [0.3, 0.4) is 0 Å². The zero-order valence-corrected chi connectivity index (χ0v) is 11.9. The molecule has 0 aromatic rings. The number of rotatable bonds is 5. The van der Waals surface area contributed by atoms with Crippen molar-refractivity contribution in [2.75, 3.05) is 0 Å². The SMILES string of the molecule is C=C/C=C(C)\C(=C/C=C)C(=O)N(C=C)C(C)(C)C. The lowest BCUT2D eigenvalue weighted by atomic mass is 10.0. The van der Waals surface area contributed by atoms with Gasteiger partial charge in [0, 0.05) is 17.3 Å². The monoisotopic (exact) mass is 245 g/mol. The van der Waals surface area contributed by atoms with Gasteiger partial charge in [0.1, 0.15) is 0 Å². The summed E-state index contributed by atoms with van der Waals surface area (Å²) in [5.41, 5.74) is 1.14. The van der Waals surface area contributed by atoms with Gasteiger partial charge in [-0.3, -0.25) is 4.79 Å². The topological polar surface area (TPSA) is 20.3 Å². The molecule has 0 aliphatic rings. The molecular formula is C16H23NO. The molecule has 18 heavy (non-hydrogen) atoms. The smallest absolute Gasteiger partial charge is 0.258 e. The fourth-order valence-electron chi connectivity index (χ4n) is 1.55. The summed E-state index contributed by atoms with van der Waals surface area (Å²) in [5.74, 6) is -0.0898. The lowest BCUT2D eigenvalue weighted by Crippen LogP contribution is -2.42. The summed E-state index contributed by atoms with van der Waals surface area (Å²) in [6.45, 7) is 18.8. The van der Waals surface area contributed by atoms with Gasteiger partial charge >= 0.3 is 0 Å². The molecule has 0 N–H and O–H groups in total. The number of hydrogen-bond acceptors (Lipinski definition) is 1. The average Bonchev–Trinajstić information content (AvgIpc) is 2.24. The van der Waals surface area contributed by atoms with E-state index in [1.165, 1.54) is 0 Å². The van der Waals surface area contributed by atoms with E-state index in [0.717, 1.165) is 5.57 Å². The zero-order chi connectivity index (χ0) is 14.3. The molecule has 2 heteroatoms. The maximum Gasteiger partial charge on any atom is 0.258 e. The van der Waals surface area contributed by atoms with Crippen molar-refractivity contribution in [1.82, 2.24) is 4.90 Å². The van der Waals surface area contributed by atoms with Crippen LogP contribution in [-0.2, 0) is 4.79 Å². The first-order valence-corrected chi connectivity index (χ1v) is 5.88. The predicted molar refractivity (Wildman–Crippen MR) is 79.0 cm³/mol. The van der Waals surface area contributed by atoms with Gasteiger partial charge in [-0.05, 0) is 39.3 Å². The van der Waals surface area contributed by atoms with Crippen LogP contribution in [0, 0.1) is 0 Å². The van der Waals surface area contributed by atoms with Gasteiger partial charge in [0.2, 0.25) is 0 Å². The van der Waals surface area contributed by atoms with Crippen LogP contribution in [0.2, 0.25) is 0 Å². The van der Waals surface area contributed by atoms with E-state index in [9.17, 15) is 4.79 Å². The van der Waals surface area contributed by atoms with Gasteiger partial charge in [0.15, 0.2) is 0 Å². The first kappa shape index (κ1) is 16.2. The molecule has 0 saturated carbocycles. The van der Waals surface area contributed by atoms with Crippen molar-refractivity contribution in [3.63, 3.8) is 0 Å². The van der Waals surface area contributed by atoms with Crippen LogP contribution < -0.4 is 0 Å². The molecule has 0 heterocycles. The molecule has 1 amide bonds. The fraction of sp³-hybridized carbons (Fsp3) is 0.312. The van der Waals surface area contributed by atoms with E-state index in [1.807, 2.05) is 27.7 Å². The second kappa shape index (κ2) is 6.80. The lowest BCUT2D eigenvalue weighted by molar-refractivity contribution is -0.127. The summed E-state index contributed by atoms with van der Waals surface area (Å²) in [5, 5.41) is 0. The van der Waals surface area contributed by atoms with Gasteiger partial charge in [-0.2, -0.15) is 0 Å². The zero-order valence-electron chi connectivity index (χ0n) is 11.9. The Bertz CT molecular complexity index is 405. The van der Waals surface area contributed by atoms with Crippen molar-refractivity contribution in [3.05, 3.63) is 61.4 Å². The molecule has 0 atom stereocenters. The Labute approximate surface area is 111 Å². The minimum Gasteiger partial charge on any atom is -0.310 e. The quantitative estimate of drug-likeness (QED) is 0.529. The van der Waals surface area contributed by atoms with Crippen molar-refractivity contribution in [2.45, 2.75) is 33.2 Å². The Kier molecular flexibility index (Phi) is 6.11. The summed E-state index contributed by atoms with van der Waals surface area (Å²) in [6, 6.07) is 0. The van der Waals surface area contributed by atoms with E-state index in [1.54, 1.807) is 35.4 Å². The van der Waals surface area contributed by atoms with Crippen LogP contribution in [0.25, 0.3) is 0 Å². The van der Waals surface area contributed by atoms with Gasteiger partial charge in [-0.25, -0.2) is 0 Å². The molecule has 0 unspecified atom stereocenters. The van der Waals surface area contributed by atoms with E-state index in [0.29, 0.717) is 5.57 Å². The van der Waals surface area contributed by atoms with Crippen LogP contribution in [-0.4, -0.2) is 16.3 Å². The van der Waals surface area contributed by atoms with Gasteiger partial charge < -0.3 is 4.90 Å². The Hall–Kier alpha value is -1.83. The van der Waals surface area contributed by atoms with Crippen molar-refractivity contribution in [2.24, 2.45) is 0 Å². The van der Waals surface area contributed by atoms with Crippen LogP contribution >= 0.6 is 0 Å². The molecule has 0 bridgehead atoms. The second-order valence-corrected chi connectivity index (χ2v) is 4.93. The Morgan fingerprint density at radius 1 is 1.06 bits per heavy atom. The maximum atomic E-state index is 12.5. The predicted octanol–water partition coefficient (Wildman–Crippen LogP) is 4.00. The Balaban J connectivity index is 5.54. The molecule has 0 spiro atoms. The van der Waals surface area contributed by atoms with Gasteiger partial charge in [0.25, 0.3) is 5.91 Å². The van der Waals surface area contributed by atoms with E-state index >= 15 is 0 Å². The first-order valence-electron chi connectivity index (χ1n) is 5.88. The van der Waals surface area contributed by atoms with Gasteiger partial charge in [-0.1, -0.05) is 38.0 Å². The molecule has 0 aliphatic heterocycles. The number of amides is 1.